The highest BCUT2D eigenvalue weighted by Gasteiger charge is 2.11. The molecule has 6 nitrogen and oxygen atoms in total. The van der Waals surface area contributed by atoms with E-state index in [0.717, 1.165) is 0 Å². The van der Waals surface area contributed by atoms with Crippen LogP contribution < -0.4 is 5.56 Å². The lowest BCUT2D eigenvalue weighted by Gasteiger charge is -2.06. The molecule has 0 aliphatic carbocycles. The van der Waals surface area contributed by atoms with Crippen LogP contribution in [0.2, 0.25) is 0 Å². The summed E-state index contributed by atoms with van der Waals surface area (Å²) in [6.07, 6.45) is 3.06. The Labute approximate surface area is 125 Å². The Morgan fingerprint density at radius 2 is 2.00 bits per heavy atom. The predicted octanol–water partition coefficient (Wildman–Crippen LogP) is 1.31. The first-order chi connectivity index (χ1) is 10.6. The summed E-state index contributed by atoms with van der Waals surface area (Å²) in [5.74, 6) is -0.191. The molecule has 3 rings (SSSR count). The summed E-state index contributed by atoms with van der Waals surface area (Å²) in [6, 6.07) is 9.95. The zero-order valence-corrected chi connectivity index (χ0v) is 11.6. The molecule has 0 atom stereocenters. The maximum Gasteiger partial charge on any atom is 0.261 e. The molecule has 1 aromatic carbocycles. The smallest absolute Gasteiger partial charge is 0.261 e. The van der Waals surface area contributed by atoms with Gasteiger partial charge in [-0.05, 0) is 24.3 Å². The van der Waals surface area contributed by atoms with Crippen LogP contribution in [0.1, 0.15) is 5.69 Å². The van der Waals surface area contributed by atoms with E-state index in [-0.39, 0.29) is 41.0 Å². The van der Waals surface area contributed by atoms with Crippen LogP contribution in [0.25, 0.3) is 10.9 Å². The summed E-state index contributed by atoms with van der Waals surface area (Å²) in [4.78, 5) is 32.5. The van der Waals surface area contributed by atoms with Crippen LogP contribution in [0.5, 0.6) is 5.75 Å². The number of ketones is 1. The van der Waals surface area contributed by atoms with Crippen molar-refractivity contribution in [3.63, 3.8) is 0 Å². The lowest BCUT2D eigenvalue weighted by atomic mass is 10.2. The number of hydrogen-bond acceptors (Lipinski definition) is 5. The van der Waals surface area contributed by atoms with Crippen molar-refractivity contribution in [3.05, 3.63) is 65.0 Å². The van der Waals surface area contributed by atoms with E-state index >= 15 is 0 Å². The highest BCUT2D eigenvalue weighted by molar-refractivity contribution is 5.84. The maximum atomic E-state index is 12.3. The minimum atomic E-state index is -0.352. The number of para-hydroxylation sites is 1. The van der Waals surface area contributed by atoms with Gasteiger partial charge in [0, 0.05) is 11.9 Å². The second kappa shape index (κ2) is 5.77. The van der Waals surface area contributed by atoms with Crippen LogP contribution in [0.15, 0.2) is 53.7 Å². The van der Waals surface area contributed by atoms with Crippen LogP contribution in [0, 0.1) is 0 Å². The van der Waals surface area contributed by atoms with Crippen molar-refractivity contribution < 1.29 is 9.90 Å². The molecule has 3 aromatic rings. The molecule has 0 amide bonds. The summed E-state index contributed by atoms with van der Waals surface area (Å²) >= 11 is 0. The van der Waals surface area contributed by atoms with Crippen LogP contribution >= 0.6 is 0 Å². The van der Waals surface area contributed by atoms with Crippen molar-refractivity contribution >= 4 is 16.7 Å². The van der Waals surface area contributed by atoms with E-state index in [4.69, 9.17) is 0 Å². The second-order valence-corrected chi connectivity index (χ2v) is 4.89. The SMILES string of the molecule is O=C(Cc1ccccn1)Cn1cnc2c(O)cccc2c1=O. The molecular weight excluding hydrogens is 282 g/mol. The van der Waals surface area contributed by atoms with Crippen molar-refractivity contribution in [2.24, 2.45) is 0 Å². The molecule has 2 aromatic heterocycles. The first kappa shape index (κ1) is 13.9. The first-order valence-electron chi connectivity index (χ1n) is 6.74. The number of aromatic hydroxyl groups is 1. The normalized spacial score (nSPS) is 10.7. The minimum Gasteiger partial charge on any atom is -0.506 e. The van der Waals surface area contributed by atoms with Gasteiger partial charge in [0.1, 0.15) is 11.3 Å². The first-order valence-corrected chi connectivity index (χ1v) is 6.74. The molecule has 0 saturated carbocycles. The van der Waals surface area contributed by atoms with Crippen molar-refractivity contribution in [1.82, 2.24) is 14.5 Å². The van der Waals surface area contributed by atoms with Gasteiger partial charge in [-0.25, -0.2) is 4.98 Å². The number of phenols is 1. The number of nitrogens with zero attached hydrogens (tertiary/aromatic N) is 3. The molecule has 0 saturated heterocycles. The number of aromatic nitrogens is 3. The Morgan fingerprint density at radius 1 is 1.14 bits per heavy atom. The van der Waals surface area contributed by atoms with Crippen LogP contribution in [0.3, 0.4) is 0 Å². The molecule has 0 bridgehead atoms. The monoisotopic (exact) mass is 295 g/mol. The van der Waals surface area contributed by atoms with E-state index in [1.807, 2.05) is 6.07 Å². The molecule has 22 heavy (non-hydrogen) atoms. The number of carbonyl (C=O) groups excluding carboxylic acids is 1. The largest absolute Gasteiger partial charge is 0.506 e. The number of carbonyl (C=O) groups is 1. The molecule has 0 radical (unpaired) electrons. The number of phenolic OH excluding ortho intramolecular Hbond substituents is 1. The molecule has 110 valence electrons. The number of hydrogen-bond donors (Lipinski definition) is 1. The molecule has 1 N–H and O–H groups in total. The van der Waals surface area contributed by atoms with E-state index in [9.17, 15) is 14.7 Å². The fourth-order valence-electron chi connectivity index (χ4n) is 2.24. The lowest BCUT2D eigenvalue weighted by molar-refractivity contribution is -0.119. The van der Waals surface area contributed by atoms with Gasteiger partial charge in [-0.2, -0.15) is 0 Å². The Morgan fingerprint density at radius 3 is 2.77 bits per heavy atom. The molecule has 0 spiro atoms. The molecular formula is C16H13N3O3. The van der Waals surface area contributed by atoms with E-state index in [1.165, 1.54) is 17.0 Å². The summed E-state index contributed by atoms with van der Waals surface area (Å²) in [5.41, 5.74) is 0.545. The van der Waals surface area contributed by atoms with E-state index in [0.29, 0.717) is 5.69 Å². The van der Waals surface area contributed by atoms with Gasteiger partial charge in [-0.3, -0.25) is 19.1 Å². The summed E-state index contributed by atoms with van der Waals surface area (Å²) in [5, 5.41) is 9.96. The van der Waals surface area contributed by atoms with E-state index in [2.05, 4.69) is 9.97 Å². The Kier molecular flexibility index (Phi) is 3.65. The minimum absolute atomic E-state index is 0.0541. The Hall–Kier alpha value is -3.02. The second-order valence-electron chi connectivity index (χ2n) is 4.89. The summed E-state index contributed by atoms with van der Waals surface area (Å²) < 4.78 is 1.24. The number of benzene rings is 1. The van der Waals surface area contributed by atoms with Gasteiger partial charge in [0.05, 0.1) is 24.7 Å². The molecule has 0 unspecified atom stereocenters. The molecule has 6 heteroatoms. The predicted molar refractivity (Wildman–Crippen MR) is 80.6 cm³/mol. The molecule has 2 heterocycles. The third-order valence-corrected chi connectivity index (χ3v) is 3.28. The Balaban J connectivity index is 1.87. The van der Waals surface area contributed by atoms with Gasteiger partial charge in [0.25, 0.3) is 5.56 Å². The Bertz CT molecular complexity index is 888. The van der Waals surface area contributed by atoms with Crippen molar-refractivity contribution in [1.29, 1.82) is 0 Å². The zero-order chi connectivity index (χ0) is 15.5. The summed E-state index contributed by atoms with van der Waals surface area (Å²) in [6.45, 7) is -0.0754. The maximum absolute atomic E-state index is 12.3. The van der Waals surface area contributed by atoms with Crippen molar-refractivity contribution in [2.75, 3.05) is 0 Å². The third kappa shape index (κ3) is 2.71. The molecule has 0 aliphatic heterocycles. The van der Waals surface area contributed by atoms with Crippen LogP contribution in [-0.4, -0.2) is 25.4 Å². The highest BCUT2D eigenvalue weighted by Crippen LogP contribution is 2.18. The van der Waals surface area contributed by atoms with Gasteiger partial charge in [-0.1, -0.05) is 12.1 Å². The van der Waals surface area contributed by atoms with Crippen molar-refractivity contribution in [3.8, 4) is 5.75 Å². The van der Waals surface area contributed by atoms with Gasteiger partial charge < -0.3 is 5.11 Å². The fraction of sp³-hybridized carbons (Fsp3) is 0.125. The van der Waals surface area contributed by atoms with E-state index < -0.39 is 0 Å². The van der Waals surface area contributed by atoms with Crippen molar-refractivity contribution in [2.45, 2.75) is 13.0 Å². The summed E-state index contributed by atoms with van der Waals surface area (Å²) in [7, 11) is 0. The van der Waals surface area contributed by atoms with Gasteiger partial charge in [-0.15, -0.1) is 0 Å². The average molecular weight is 295 g/mol. The quantitative estimate of drug-likeness (QED) is 0.784. The van der Waals surface area contributed by atoms with Crippen LogP contribution in [0.4, 0.5) is 0 Å². The number of rotatable bonds is 4. The third-order valence-electron chi connectivity index (χ3n) is 3.28. The van der Waals surface area contributed by atoms with Crippen LogP contribution in [-0.2, 0) is 17.8 Å². The van der Waals surface area contributed by atoms with Gasteiger partial charge >= 0.3 is 0 Å². The molecule has 0 aliphatic rings. The number of pyridine rings is 1. The standard InChI is InChI=1S/C16H13N3O3/c20-12(8-11-4-1-2-7-17-11)9-19-10-18-15-13(16(19)22)5-3-6-14(15)21/h1-7,10,21H,8-9H2. The number of fused-ring (bicyclic) bond motifs is 1. The molecule has 0 fully saturated rings. The fourth-order valence-corrected chi connectivity index (χ4v) is 2.24. The zero-order valence-electron chi connectivity index (χ0n) is 11.6. The highest BCUT2D eigenvalue weighted by atomic mass is 16.3. The van der Waals surface area contributed by atoms with Gasteiger partial charge in [0.15, 0.2) is 5.78 Å². The lowest BCUT2D eigenvalue weighted by Crippen LogP contribution is -2.25. The number of Topliss-reactive ketones (excluding diaryl/α,β-unsaturated/α-hetero) is 1. The van der Waals surface area contributed by atoms with E-state index in [1.54, 1.807) is 30.5 Å². The topological polar surface area (TPSA) is 85.1 Å². The average Bonchev–Trinajstić information content (AvgIpc) is 2.52. The van der Waals surface area contributed by atoms with Gasteiger partial charge in [0.2, 0.25) is 0 Å².